The van der Waals surface area contributed by atoms with Gasteiger partial charge in [-0.3, -0.25) is 4.79 Å². The highest BCUT2D eigenvalue weighted by Crippen LogP contribution is 2.41. The van der Waals surface area contributed by atoms with Gasteiger partial charge in [0.1, 0.15) is 12.4 Å². The average Bonchev–Trinajstić information content (AvgIpc) is 3.03. The first-order chi connectivity index (χ1) is 13.3. The van der Waals surface area contributed by atoms with Crippen LogP contribution in [0.5, 0.6) is 5.75 Å². The van der Waals surface area contributed by atoms with Gasteiger partial charge in [0.15, 0.2) is 4.83 Å². The molecule has 2 heterocycles. The summed E-state index contributed by atoms with van der Waals surface area (Å²) < 4.78 is 7.20. The molecule has 0 radical (unpaired) electrons. The largest absolute Gasteiger partial charge is 0.492 e. The Hall–Kier alpha value is -2.21. The summed E-state index contributed by atoms with van der Waals surface area (Å²) in [5.74, 6) is 1.44. The summed E-state index contributed by atoms with van der Waals surface area (Å²) in [7, 11) is 0. The Morgan fingerprint density at radius 2 is 2.00 bits per heavy atom. The molecule has 1 aliphatic carbocycles. The molecule has 1 atom stereocenters. The molecule has 2 aromatic heterocycles. The van der Waals surface area contributed by atoms with E-state index in [2.05, 4.69) is 31.1 Å². The number of hydrogen-bond donors (Lipinski definition) is 0. The lowest BCUT2D eigenvalue weighted by molar-refractivity contribution is 0.218. The molecule has 0 bridgehead atoms. The van der Waals surface area contributed by atoms with Gasteiger partial charge in [-0.1, -0.05) is 43.7 Å². The third kappa shape index (κ3) is 3.70. The van der Waals surface area contributed by atoms with E-state index < -0.39 is 0 Å². The molecule has 0 saturated carbocycles. The third-order valence-corrected chi connectivity index (χ3v) is 6.89. The van der Waals surface area contributed by atoms with Crippen LogP contribution >= 0.6 is 11.3 Å². The van der Waals surface area contributed by atoms with E-state index in [1.807, 2.05) is 31.2 Å². The number of nitrogens with zero attached hydrogens (tertiary/aromatic N) is 3. The first-order valence-corrected chi connectivity index (χ1v) is 10.7. The normalized spacial score (nSPS) is 16.9. The zero-order chi connectivity index (χ0) is 19.9. The summed E-state index contributed by atoms with van der Waals surface area (Å²) in [6, 6.07) is 7.90. The molecule has 0 spiro atoms. The molecule has 0 saturated heterocycles. The Morgan fingerprint density at radius 3 is 2.71 bits per heavy atom. The zero-order valence-corrected chi connectivity index (χ0v) is 17.8. The molecule has 0 amide bonds. The number of benzene rings is 1. The van der Waals surface area contributed by atoms with Crippen LogP contribution in [-0.2, 0) is 19.4 Å². The summed E-state index contributed by atoms with van der Waals surface area (Å²) in [5, 5.41) is 9.27. The van der Waals surface area contributed by atoms with Gasteiger partial charge in [-0.15, -0.1) is 16.4 Å². The van der Waals surface area contributed by atoms with Crippen molar-refractivity contribution in [2.75, 3.05) is 6.61 Å². The smallest absolute Gasteiger partial charge is 0.278 e. The summed E-state index contributed by atoms with van der Waals surface area (Å²) in [6.45, 7) is 9.73. The maximum atomic E-state index is 13.0. The van der Waals surface area contributed by atoms with E-state index in [1.54, 1.807) is 11.3 Å². The minimum Gasteiger partial charge on any atom is -0.492 e. The quantitative estimate of drug-likeness (QED) is 0.655. The highest BCUT2D eigenvalue weighted by atomic mass is 32.1. The van der Waals surface area contributed by atoms with Crippen molar-refractivity contribution in [1.29, 1.82) is 0 Å². The average molecular weight is 398 g/mol. The maximum absolute atomic E-state index is 13.0. The second kappa shape index (κ2) is 7.32. The van der Waals surface area contributed by atoms with Crippen molar-refractivity contribution in [1.82, 2.24) is 15.0 Å². The number of rotatable bonds is 4. The van der Waals surface area contributed by atoms with E-state index in [0.717, 1.165) is 35.2 Å². The van der Waals surface area contributed by atoms with Crippen LogP contribution in [0.4, 0.5) is 0 Å². The van der Waals surface area contributed by atoms with Crippen molar-refractivity contribution in [3.63, 3.8) is 0 Å². The topological polar surface area (TPSA) is 57.0 Å². The maximum Gasteiger partial charge on any atom is 0.278 e. The number of fused-ring (bicyclic) bond motifs is 3. The molecule has 3 aromatic rings. The van der Waals surface area contributed by atoms with Gasteiger partial charge < -0.3 is 4.74 Å². The number of ether oxygens (including phenoxy) is 1. The summed E-state index contributed by atoms with van der Waals surface area (Å²) >= 11 is 1.65. The SMILES string of the molecule is Cc1ccc(OCCn2nnc3sc4c(c3c2=O)CC[C@H](C(C)(C)C)C4)cc1. The monoisotopic (exact) mass is 397 g/mol. The van der Waals surface area contributed by atoms with Crippen molar-refractivity contribution < 1.29 is 4.74 Å². The van der Waals surface area contributed by atoms with Crippen LogP contribution in [0.15, 0.2) is 29.1 Å². The predicted molar refractivity (Wildman–Crippen MR) is 113 cm³/mol. The molecule has 4 rings (SSSR count). The Balaban J connectivity index is 1.54. The number of aryl methyl sites for hydroxylation is 2. The lowest BCUT2D eigenvalue weighted by Crippen LogP contribution is -2.28. The Bertz CT molecular complexity index is 1040. The van der Waals surface area contributed by atoms with Gasteiger partial charge in [0.05, 0.1) is 11.9 Å². The lowest BCUT2D eigenvalue weighted by atomic mass is 9.72. The molecule has 1 aliphatic rings. The van der Waals surface area contributed by atoms with Crippen LogP contribution in [0, 0.1) is 18.3 Å². The highest BCUT2D eigenvalue weighted by Gasteiger charge is 2.31. The molecule has 0 fully saturated rings. The predicted octanol–water partition coefficient (Wildman–Crippen LogP) is 4.39. The fraction of sp³-hybridized carbons (Fsp3) is 0.500. The van der Waals surface area contributed by atoms with Gasteiger partial charge in [0, 0.05) is 4.88 Å². The number of thiophene rings is 1. The van der Waals surface area contributed by atoms with Gasteiger partial charge in [-0.05, 0) is 55.2 Å². The molecule has 6 heteroatoms. The Kier molecular flexibility index (Phi) is 5.00. The molecular weight excluding hydrogens is 370 g/mol. The molecule has 0 N–H and O–H groups in total. The third-order valence-electron chi connectivity index (χ3n) is 5.76. The van der Waals surface area contributed by atoms with Gasteiger partial charge in [-0.2, -0.15) is 0 Å². The van der Waals surface area contributed by atoms with Gasteiger partial charge >= 0.3 is 0 Å². The van der Waals surface area contributed by atoms with E-state index >= 15 is 0 Å². The molecule has 5 nitrogen and oxygen atoms in total. The van der Waals surface area contributed by atoms with Crippen LogP contribution in [0.25, 0.3) is 10.2 Å². The summed E-state index contributed by atoms with van der Waals surface area (Å²) in [4.78, 5) is 15.1. The van der Waals surface area contributed by atoms with Crippen LogP contribution in [-0.4, -0.2) is 21.6 Å². The summed E-state index contributed by atoms with van der Waals surface area (Å²) in [5.41, 5.74) is 2.64. The second-order valence-electron chi connectivity index (χ2n) is 8.77. The van der Waals surface area contributed by atoms with Crippen LogP contribution in [0.1, 0.15) is 43.2 Å². The molecule has 28 heavy (non-hydrogen) atoms. The van der Waals surface area contributed by atoms with E-state index in [9.17, 15) is 4.79 Å². The van der Waals surface area contributed by atoms with E-state index in [1.165, 1.54) is 20.7 Å². The van der Waals surface area contributed by atoms with Crippen molar-refractivity contribution in [2.24, 2.45) is 11.3 Å². The van der Waals surface area contributed by atoms with E-state index in [-0.39, 0.29) is 11.0 Å². The minimum absolute atomic E-state index is 0.0378. The van der Waals surface area contributed by atoms with Gasteiger partial charge in [0.25, 0.3) is 5.56 Å². The van der Waals surface area contributed by atoms with Crippen LogP contribution in [0.2, 0.25) is 0 Å². The zero-order valence-electron chi connectivity index (χ0n) is 17.0. The van der Waals surface area contributed by atoms with Crippen molar-refractivity contribution >= 4 is 21.6 Å². The first kappa shape index (κ1) is 19.1. The van der Waals surface area contributed by atoms with E-state index in [4.69, 9.17) is 4.74 Å². The highest BCUT2D eigenvalue weighted by molar-refractivity contribution is 7.18. The van der Waals surface area contributed by atoms with Crippen LogP contribution in [0.3, 0.4) is 0 Å². The van der Waals surface area contributed by atoms with E-state index in [0.29, 0.717) is 19.1 Å². The Morgan fingerprint density at radius 1 is 1.25 bits per heavy atom. The first-order valence-electron chi connectivity index (χ1n) is 9.90. The standard InChI is InChI=1S/C22H27N3O2S/c1-14-5-8-16(9-6-14)27-12-11-25-21(26)19-17-10-7-15(22(2,3)4)13-18(17)28-20(19)23-24-25/h5-6,8-9,15H,7,10-13H2,1-4H3/t15-/m0/s1. The molecule has 148 valence electrons. The lowest BCUT2D eigenvalue weighted by Gasteiger charge is -2.33. The van der Waals surface area contributed by atoms with Crippen LogP contribution < -0.4 is 10.3 Å². The number of aromatic nitrogens is 3. The molecule has 0 aliphatic heterocycles. The fourth-order valence-electron chi connectivity index (χ4n) is 3.90. The van der Waals surface area contributed by atoms with Crippen molar-refractivity contribution in [2.45, 2.75) is 53.5 Å². The number of hydrogen-bond acceptors (Lipinski definition) is 5. The van der Waals surface area contributed by atoms with Crippen molar-refractivity contribution in [3.05, 3.63) is 50.6 Å². The second-order valence-corrected chi connectivity index (χ2v) is 9.85. The fourth-order valence-corrected chi connectivity index (χ4v) is 5.13. The van der Waals surface area contributed by atoms with Gasteiger partial charge in [0.2, 0.25) is 0 Å². The molecule has 1 aromatic carbocycles. The molecule has 0 unspecified atom stereocenters. The van der Waals surface area contributed by atoms with Gasteiger partial charge in [-0.25, -0.2) is 4.68 Å². The van der Waals surface area contributed by atoms with Crippen molar-refractivity contribution in [3.8, 4) is 5.75 Å². The minimum atomic E-state index is -0.0378. The Labute approximate surface area is 169 Å². The summed E-state index contributed by atoms with van der Waals surface area (Å²) in [6.07, 6.45) is 3.12. The molecular formula is C22H27N3O2S.